The van der Waals surface area contributed by atoms with Crippen LogP contribution in [-0.4, -0.2) is 29.1 Å². The van der Waals surface area contributed by atoms with E-state index in [4.69, 9.17) is 0 Å². The summed E-state index contributed by atoms with van der Waals surface area (Å²) >= 11 is 4.84. The van der Waals surface area contributed by atoms with Gasteiger partial charge in [0.1, 0.15) is 0 Å². The van der Waals surface area contributed by atoms with Crippen LogP contribution in [0.3, 0.4) is 0 Å². The molecule has 2 amide bonds. The van der Waals surface area contributed by atoms with Crippen LogP contribution in [0.4, 0.5) is 10.8 Å². The molecule has 0 saturated carbocycles. The second kappa shape index (κ2) is 8.46. The number of carbonyl (C=O) groups is 2. The predicted octanol–water partition coefficient (Wildman–Crippen LogP) is 5.04. The number of nitrogens with one attached hydrogen (secondary N) is 1. The number of amides is 2. The van der Waals surface area contributed by atoms with Gasteiger partial charge in [-0.3, -0.25) is 9.59 Å². The van der Waals surface area contributed by atoms with Crippen molar-refractivity contribution in [1.82, 2.24) is 4.98 Å². The van der Waals surface area contributed by atoms with Crippen molar-refractivity contribution in [3.05, 3.63) is 46.7 Å². The number of thiazole rings is 1. The zero-order valence-electron chi connectivity index (χ0n) is 15.3. The van der Waals surface area contributed by atoms with Crippen molar-refractivity contribution in [2.75, 3.05) is 22.5 Å². The maximum absolute atomic E-state index is 12.6. The van der Waals surface area contributed by atoms with E-state index >= 15 is 0 Å². The lowest BCUT2D eigenvalue weighted by molar-refractivity contribution is -0.122. The van der Waals surface area contributed by atoms with Crippen LogP contribution < -0.4 is 10.2 Å². The minimum atomic E-state index is -0.184. The highest BCUT2D eigenvalue weighted by Gasteiger charge is 2.23. The van der Waals surface area contributed by atoms with Crippen molar-refractivity contribution in [1.29, 1.82) is 0 Å². The molecule has 3 aromatic rings. The molecule has 1 aliphatic heterocycles. The first-order chi connectivity index (χ1) is 13.6. The van der Waals surface area contributed by atoms with Crippen LogP contribution in [0, 0.1) is 6.92 Å². The highest BCUT2D eigenvalue weighted by Crippen LogP contribution is 2.35. The summed E-state index contributed by atoms with van der Waals surface area (Å²) in [5.41, 5.74) is 1.82. The highest BCUT2D eigenvalue weighted by molar-refractivity contribution is 7.99. The average molecular weight is 430 g/mol. The van der Waals surface area contributed by atoms with E-state index in [1.807, 2.05) is 35.7 Å². The van der Waals surface area contributed by atoms with Crippen LogP contribution >= 0.6 is 34.4 Å². The van der Waals surface area contributed by atoms with E-state index in [1.54, 1.807) is 28.0 Å². The number of thiophene rings is 1. The highest BCUT2D eigenvalue weighted by atomic mass is 32.2. The van der Waals surface area contributed by atoms with E-state index in [1.165, 1.54) is 16.2 Å². The van der Waals surface area contributed by atoms with Gasteiger partial charge in [0.2, 0.25) is 11.8 Å². The molecule has 0 atom stereocenters. The monoisotopic (exact) mass is 429 g/mol. The smallest absolute Gasteiger partial charge is 0.227 e. The van der Waals surface area contributed by atoms with Crippen molar-refractivity contribution < 1.29 is 9.59 Å². The van der Waals surface area contributed by atoms with Crippen LogP contribution in [0.15, 0.2) is 46.7 Å². The maximum Gasteiger partial charge on any atom is 0.227 e. The number of hydrogen-bond acceptors (Lipinski definition) is 6. The summed E-state index contributed by atoms with van der Waals surface area (Å²) in [6.45, 7) is 2.73. The number of benzene rings is 1. The Labute approximate surface area is 175 Å². The first-order valence-corrected chi connectivity index (χ1v) is 11.6. The molecule has 0 saturated heterocycles. The van der Waals surface area contributed by atoms with Gasteiger partial charge in [0.25, 0.3) is 0 Å². The number of carbonyl (C=O) groups excluding carboxylic acids is 2. The van der Waals surface area contributed by atoms with Gasteiger partial charge in [-0.2, -0.15) is 0 Å². The number of aromatic nitrogens is 1. The second-order valence-corrected chi connectivity index (χ2v) is 9.64. The number of aryl methyl sites for hydroxylation is 1. The molecule has 0 spiro atoms. The molecule has 28 heavy (non-hydrogen) atoms. The Morgan fingerprint density at radius 3 is 2.86 bits per heavy atom. The van der Waals surface area contributed by atoms with Crippen molar-refractivity contribution in [3.63, 3.8) is 0 Å². The molecule has 0 bridgehead atoms. The molecule has 1 aliphatic rings. The van der Waals surface area contributed by atoms with Gasteiger partial charge < -0.3 is 10.2 Å². The Kier molecular flexibility index (Phi) is 5.79. The number of hydrogen-bond donors (Lipinski definition) is 1. The van der Waals surface area contributed by atoms with Gasteiger partial charge in [-0.1, -0.05) is 12.1 Å². The standard InChI is InChI=1S/C20H19N3O2S3/c1-13-6-7-16(28-13)14-12-27-20(21-14)22-18(24)8-9-19(25)23-10-11-26-17-5-3-2-4-15(17)23/h2-7,12H,8-11H2,1H3,(H,21,22,24). The lowest BCUT2D eigenvalue weighted by Crippen LogP contribution is -2.35. The van der Waals surface area contributed by atoms with E-state index in [0.717, 1.165) is 26.9 Å². The summed E-state index contributed by atoms with van der Waals surface area (Å²) in [5, 5.41) is 5.32. The molecule has 3 heterocycles. The number of nitrogens with zero attached hydrogens (tertiary/aromatic N) is 2. The van der Waals surface area contributed by atoms with E-state index in [0.29, 0.717) is 11.7 Å². The fourth-order valence-corrected chi connectivity index (χ4v) is 5.61. The summed E-state index contributed by atoms with van der Waals surface area (Å²) < 4.78 is 0. The summed E-state index contributed by atoms with van der Waals surface area (Å²) in [6, 6.07) is 12.0. The molecule has 8 heteroatoms. The van der Waals surface area contributed by atoms with Crippen molar-refractivity contribution in [3.8, 4) is 10.6 Å². The molecule has 1 aromatic carbocycles. The van der Waals surface area contributed by atoms with Gasteiger partial charge in [-0.15, -0.1) is 34.4 Å². The number of anilines is 2. The Bertz CT molecular complexity index is 1010. The van der Waals surface area contributed by atoms with Crippen LogP contribution in [-0.2, 0) is 9.59 Å². The molecule has 1 N–H and O–H groups in total. The van der Waals surface area contributed by atoms with E-state index in [-0.39, 0.29) is 24.7 Å². The second-order valence-electron chi connectivity index (χ2n) is 6.36. The normalized spacial score (nSPS) is 13.2. The Balaban J connectivity index is 1.33. The fourth-order valence-electron chi connectivity index (χ4n) is 2.98. The Morgan fingerprint density at radius 1 is 1.18 bits per heavy atom. The predicted molar refractivity (Wildman–Crippen MR) is 118 cm³/mol. The zero-order chi connectivity index (χ0) is 19.5. The Morgan fingerprint density at radius 2 is 2.04 bits per heavy atom. The van der Waals surface area contributed by atoms with E-state index < -0.39 is 0 Å². The number of thioether (sulfide) groups is 1. The molecule has 4 rings (SSSR count). The van der Waals surface area contributed by atoms with Crippen molar-refractivity contribution >= 4 is 57.1 Å². The lowest BCUT2D eigenvalue weighted by atomic mass is 10.2. The topological polar surface area (TPSA) is 62.3 Å². The molecule has 0 aliphatic carbocycles. The largest absolute Gasteiger partial charge is 0.310 e. The molecule has 0 unspecified atom stereocenters. The van der Waals surface area contributed by atoms with Gasteiger partial charge in [0, 0.05) is 40.3 Å². The molecule has 0 fully saturated rings. The third-order valence-electron chi connectivity index (χ3n) is 4.34. The molecule has 2 aromatic heterocycles. The van der Waals surface area contributed by atoms with Crippen molar-refractivity contribution in [2.24, 2.45) is 0 Å². The molecule has 5 nitrogen and oxygen atoms in total. The molecule has 0 radical (unpaired) electrons. The number of rotatable bonds is 5. The lowest BCUT2D eigenvalue weighted by Gasteiger charge is -2.28. The number of fused-ring (bicyclic) bond motifs is 1. The minimum Gasteiger partial charge on any atom is -0.310 e. The van der Waals surface area contributed by atoms with Crippen LogP contribution in [0.5, 0.6) is 0 Å². The van der Waals surface area contributed by atoms with Crippen LogP contribution in [0.2, 0.25) is 0 Å². The number of para-hydroxylation sites is 1. The van der Waals surface area contributed by atoms with Gasteiger partial charge >= 0.3 is 0 Å². The van der Waals surface area contributed by atoms with Crippen LogP contribution in [0.25, 0.3) is 10.6 Å². The van der Waals surface area contributed by atoms with Gasteiger partial charge in [-0.25, -0.2) is 4.98 Å². The van der Waals surface area contributed by atoms with E-state index in [2.05, 4.69) is 23.3 Å². The Hall–Kier alpha value is -2.16. The van der Waals surface area contributed by atoms with Gasteiger partial charge in [-0.05, 0) is 31.2 Å². The zero-order valence-corrected chi connectivity index (χ0v) is 17.8. The molecular weight excluding hydrogens is 410 g/mol. The SMILES string of the molecule is Cc1ccc(-c2csc(NC(=O)CCC(=O)N3CCSc4ccccc43)n2)s1. The van der Waals surface area contributed by atoms with Gasteiger partial charge in [0.05, 0.1) is 16.3 Å². The first-order valence-electron chi connectivity index (χ1n) is 8.94. The quantitative estimate of drug-likeness (QED) is 0.617. The molecular formula is C20H19N3O2S3. The fraction of sp³-hybridized carbons (Fsp3) is 0.250. The first kappa shape index (κ1) is 19.2. The van der Waals surface area contributed by atoms with Crippen molar-refractivity contribution in [2.45, 2.75) is 24.7 Å². The third-order valence-corrected chi connectivity index (χ3v) is 7.16. The van der Waals surface area contributed by atoms with Crippen LogP contribution in [0.1, 0.15) is 17.7 Å². The third kappa shape index (κ3) is 4.29. The summed E-state index contributed by atoms with van der Waals surface area (Å²) in [7, 11) is 0. The summed E-state index contributed by atoms with van der Waals surface area (Å²) in [6.07, 6.45) is 0.338. The average Bonchev–Trinajstić information content (AvgIpc) is 3.34. The maximum atomic E-state index is 12.6. The minimum absolute atomic E-state index is 0.0169. The summed E-state index contributed by atoms with van der Waals surface area (Å²) in [5.74, 6) is 0.673. The van der Waals surface area contributed by atoms with E-state index in [9.17, 15) is 9.59 Å². The molecule has 144 valence electrons. The van der Waals surface area contributed by atoms with Gasteiger partial charge in [0.15, 0.2) is 5.13 Å². The summed E-state index contributed by atoms with van der Waals surface area (Å²) in [4.78, 5) is 34.6.